The molecule has 0 aromatic carbocycles. The van der Waals surface area contributed by atoms with Crippen LogP contribution >= 0.6 is 0 Å². The average molecular weight is 407 g/mol. The lowest BCUT2D eigenvalue weighted by molar-refractivity contribution is -0.228. The summed E-state index contributed by atoms with van der Waals surface area (Å²) in [4.78, 5) is 25.0. The molecular formula is C23H34O6. The molecule has 3 saturated carbocycles. The molecule has 7 atom stereocenters. The Balaban J connectivity index is 1.73. The van der Waals surface area contributed by atoms with Crippen LogP contribution in [0.4, 0.5) is 0 Å². The summed E-state index contributed by atoms with van der Waals surface area (Å²) in [7, 11) is 2.95. The first-order chi connectivity index (χ1) is 13.7. The molecule has 0 unspecified atom stereocenters. The quantitative estimate of drug-likeness (QED) is 0.571. The van der Waals surface area contributed by atoms with Gasteiger partial charge in [-0.3, -0.25) is 4.79 Å². The number of hydrogen-bond acceptors (Lipinski definition) is 6. The van der Waals surface area contributed by atoms with Gasteiger partial charge in [0.2, 0.25) is 0 Å². The topological polar surface area (TPSA) is 82.1 Å². The number of hydrogen-bond donors (Lipinski definition) is 1. The maximum Gasteiger partial charge on any atom is 0.338 e. The molecule has 0 aromatic heterocycles. The molecule has 1 N–H and O–H groups in total. The van der Waals surface area contributed by atoms with Crippen molar-refractivity contribution in [1.82, 2.24) is 0 Å². The Hall–Kier alpha value is -1.24. The minimum atomic E-state index is -1.09. The van der Waals surface area contributed by atoms with E-state index in [1.54, 1.807) is 7.11 Å². The van der Waals surface area contributed by atoms with Crippen LogP contribution in [-0.4, -0.2) is 49.6 Å². The normalized spacial score (nSPS) is 46.4. The molecule has 4 aliphatic carbocycles. The summed E-state index contributed by atoms with van der Waals surface area (Å²) in [5.41, 5.74) is -0.526. The van der Waals surface area contributed by atoms with Crippen LogP contribution in [0.3, 0.4) is 0 Å². The van der Waals surface area contributed by atoms with E-state index in [2.05, 4.69) is 13.8 Å². The van der Waals surface area contributed by atoms with Crippen molar-refractivity contribution in [3.63, 3.8) is 0 Å². The lowest BCUT2D eigenvalue weighted by Crippen LogP contribution is -2.62. The number of allylic oxidation sites excluding steroid dienone is 1. The van der Waals surface area contributed by atoms with E-state index < -0.39 is 17.1 Å². The second-order valence-electron chi connectivity index (χ2n) is 9.99. The van der Waals surface area contributed by atoms with Crippen LogP contribution in [0.1, 0.15) is 58.8 Å². The molecule has 0 spiro atoms. The number of fused-ring (bicyclic) bond motifs is 5. The summed E-state index contributed by atoms with van der Waals surface area (Å²) in [6.45, 7) is 4.35. The van der Waals surface area contributed by atoms with Crippen molar-refractivity contribution in [2.24, 2.45) is 28.6 Å². The van der Waals surface area contributed by atoms with Gasteiger partial charge in [-0.15, -0.1) is 0 Å². The molecule has 0 aromatic rings. The first-order valence-corrected chi connectivity index (χ1v) is 10.9. The number of ether oxygens (including phenoxy) is 3. The van der Waals surface area contributed by atoms with Crippen LogP contribution < -0.4 is 0 Å². The van der Waals surface area contributed by atoms with Crippen LogP contribution in [0, 0.1) is 28.6 Å². The van der Waals surface area contributed by atoms with Gasteiger partial charge in [-0.2, -0.15) is 0 Å². The average Bonchev–Trinajstić information content (AvgIpc) is 2.98. The van der Waals surface area contributed by atoms with Crippen molar-refractivity contribution in [3.8, 4) is 0 Å². The second kappa shape index (κ2) is 7.17. The SMILES string of the molecule is COCO[C@]1(C(=O)OC)CC[C@H]2[C@@H]3CCC4=CC(=O)CC[C@]4(C)[C@H]3[C@@H](O)C[C@@]21C. The smallest absolute Gasteiger partial charge is 0.338 e. The second-order valence-corrected chi connectivity index (χ2v) is 9.99. The van der Waals surface area contributed by atoms with E-state index in [4.69, 9.17) is 14.2 Å². The fourth-order valence-electron chi connectivity index (χ4n) is 7.63. The fourth-order valence-corrected chi connectivity index (χ4v) is 7.63. The maximum absolute atomic E-state index is 13.0. The van der Waals surface area contributed by atoms with Crippen molar-refractivity contribution >= 4 is 11.8 Å². The zero-order valence-corrected chi connectivity index (χ0v) is 18.0. The minimum Gasteiger partial charge on any atom is -0.467 e. The van der Waals surface area contributed by atoms with Gasteiger partial charge in [-0.25, -0.2) is 4.79 Å². The molecule has 0 radical (unpaired) electrons. The van der Waals surface area contributed by atoms with Crippen molar-refractivity contribution in [2.75, 3.05) is 21.0 Å². The maximum atomic E-state index is 13.0. The third-order valence-electron chi connectivity index (χ3n) is 8.95. The first kappa shape index (κ1) is 21.0. The van der Waals surface area contributed by atoms with Gasteiger partial charge >= 0.3 is 5.97 Å². The number of methoxy groups -OCH3 is 2. The van der Waals surface area contributed by atoms with Crippen LogP contribution in [-0.2, 0) is 23.8 Å². The summed E-state index contributed by atoms with van der Waals surface area (Å²) >= 11 is 0. The van der Waals surface area contributed by atoms with Crippen molar-refractivity contribution < 1.29 is 28.9 Å². The molecule has 0 saturated heterocycles. The number of ketones is 1. The van der Waals surface area contributed by atoms with Gasteiger partial charge in [0.1, 0.15) is 6.79 Å². The lowest BCUT2D eigenvalue weighted by Gasteiger charge is -2.60. The molecule has 4 rings (SSSR count). The van der Waals surface area contributed by atoms with Crippen molar-refractivity contribution in [1.29, 1.82) is 0 Å². The standard InChI is InChI=1S/C23H34O6/c1-21-9-7-15(24)11-14(21)5-6-16-17-8-10-23(20(26)28-4,29-13-27-3)22(17,2)12-18(25)19(16)21/h11,16-19,25H,5-10,12-13H2,1-4H3/t16-,17-,18-,19+,21-,22-,23-/m0/s1. The van der Waals surface area contributed by atoms with Gasteiger partial charge in [0.15, 0.2) is 11.4 Å². The largest absolute Gasteiger partial charge is 0.467 e. The van der Waals surface area contributed by atoms with Gasteiger partial charge in [-0.05, 0) is 67.8 Å². The number of aliphatic hydroxyl groups is 1. The number of carbonyl (C=O) groups is 2. The summed E-state index contributed by atoms with van der Waals surface area (Å²) in [6.07, 6.45) is 6.45. The Bertz CT molecular complexity index is 731. The summed E-state index contributed by atoms with van der Waals surface area (Å²) in [6, 6.07) is 0. The Labute approximate surface area is 173 Å². The molecule has 4 aliphatic rings. The first-order valence-electron chi connectivity index (χ1n) is 10.9. The van der Waals surface area contributed by atoms with Crippen LogP contribution in [0.15, 0.2) is 11.6 Å². The Morgan fingerprint density at radius 1 is 1.21 bits per heavy atom. The van der Waals surface area contributed by atoms with Crippen molar-refractivity contribution in [2.45, 2.75) is 70.5 Å². The van der Waals surface area contributed by atoms with E-state index in [0.29, 0.717) is 25.2 Å². The molecular weight excluding hydrogens is 372 g/mol. The van der Waals surface area contributed by atoms with E-state index in [-0.39, 0.29) is 35.8 Å². The summed E-state index contributed by atoms with van der Waals surface area (Å²) in [5.74, 6) is 0.532. The number of aliphatic hydroxyl groups excluding tert-OH is 1. The number of esters is 1. The van der Waals surface area contributed by atoms with Crippen LogP contribution in [0.2, 0.25) is 0 Å². The third-order valence-corrected chi connectivity index (χ3v) is 8.95. The molecule has 0 aliphatic heterocycles. The van der Waals surface area contributed by atoms with Crippen molar-refractivity contribution in [3.05, 3.63) is 11.6 Å². The Kier molecular flexibility index (Phi) is 5.20. The van der Waals surface area contributed by atoms with E-state index in [1.807, 2.05) is 6.08 Å². The predicted octanol–water partition coefficient (Wildman–Crippen LogP) is 3.02. The van der Waals surface area contributed by atoms with Gasteiger partial charge < -0.3 is 19.3 Å². The fraction of sp³-hybridized carbons (Fsp3) is 0.826. The third kappa shape index (κ3) is 2.78. The van der Waals surface area contributed by atoms with Gasteiger partial charge in [-0.1, -0.05) is 19.4 Å². The van der Waals surface area contributed by atoms with Gasteiger partial charge in [0.05, 0.1) is 13.2 Å². The van der Waals surface area contributed by atoms with Crippen LogP contribution in [0.25, 0.3) is 0 Å². The highest BCUT2D eigenvalue weighted by molar-refractivity contribution is 5.91. The molecule has 6 heteroatoms. The monoisotopic (exact) mass is 406 g/mol. The van der Waals surface area contributed by atoms with E-state index in [9.17, 15) is 14.7 Å². The van der Waals surface area contributed by atoms with E-state index in [1.165, 1.54) is 12.7 Å². The molecule has 0 amide bonds. The van der Waals surface area contributed by atoms with Gasteiger partial charge in [0.25, 0.3) is 0 Å². The molecule has 0 heterocycles. The highest BCUT2D eigenvalue weighted by Gasteiger charge is 2.70. The molecule has 162 valence electrons. The molecule has 0 bridgehead atoms. The lowest BCUT2D eigenvalue weighted by atomic mass is 9.45. The summed E-state index contributed by atoms with van der Waals surface area (Å²) < 4.78 is 16.4. The zero-order chi connectivity index (χ0) is 21.0. The number of carbonyl (C=O) groups excluding carboxylic acids is 2. The number of rotatable bonds is 4. The van der Waals surface area contributed by atoms with E-state index >= 15 is 0 Å². The molecule has 29 heavy (non-hydrogen) atoms. The minimum absolute atomic E-state index is 0.0221. The highest BCUT2D eigenvalue weighted by Crippen LogP contribution is 2.68. The highest BCUT2D eigenvalue weighted by atomic mass is 16.7. The summed E-state index contributed by atoms with van der Waals surface area (Å²) in [5, 5.41) is 11.4. The Morgan fingerprint density at radius 3 is 2.66 bits per heavy atom. The van der Waals surface area contributed by atoms with E-state index in [0.717, 1.165) is 25.7 Å². The Morgan fingerprint density at radius 2 is 1.97 bits per heavy atom. The molecule has 6 nitrogen and oxygen atoms in total. The van der Waals surface area contributed by atoms with Crippen LogP contribution in [0.5, 0.6) is 0 Å². The molecule has 3 fully saturated rings. The van der Waals surface area contributed by atoms with Gasteiger partial charge in [0, 0.05) is 18.9 Å². The zero-order valence-electron chi connectivity index (χ0n) is 18.0. The predicted molar refractivity (Wildman–Crippen MR) is 106 cm³/mol.